The Hall–Kier alpha value is 0.0606. The minimum absolute atomic E-state index is 0. The fourth-order valence-corrected chi connectivity index (χ4v) is 11.8. The summed E-state index contributed by atoms with van der Waals surface area (Å²) in [6.07, 6.45) is 14.5. The van der Waals surface area contributed by atoms with E-state index in [9.17, 15) is 15.0 Å². The SMILES string of the molecule is C=CCC1CCC(O)C(OC)(C(C)(C)CO[Si](C)(C)C(C)(C)C)O1.C=CCC1CCC(O)[C@](OC)(C(C)(C)CO[Si](C)(C)C(C)(C)C)O1.C=CCC1CCC=C(C(C)(C)CO[Si](C)(C)C(C)(C)C)O1.O=COOC(Cl)Cl.[H-].[Na+]. The Morgan fingerprint density at radius 1 is 0.623 bits per heavy atom. The van der Waals surface area contributed by atoms with Gasteiger partial charge in [0.1, 0.15) is 24.1 Å². The number of carbonyl (C=O) groups is 1. The summed E-state index contributed by atoms with van der Waals surface area (Å²) in [6.45, 7) is 59.7. The Labute approximate surface area is 507 Å². The predicted octanol–water partition coefficient (Wildman–Crippen LogP) is 12.6. The van der Waals surface area contributed by atoms with E-state index in [-0.39, 0.29) is 76.3 Å². The van der Waals surface area contributed by atoms with Crippen LogP contribution in [0.5, 0.6) is 0 Å². The van der Waals surface area contributed by atoms with E-state index in [1.807, 2.05) is 18.2 Å². The monoisotopic (exact) mass is 1190 g/mol. The summed E-state index contributed by atoms with van der Waals surface area (Å²) >= 11 is 9.83. The van der Waals surface area contributed by atoms with Gasteiger partial charge in [-0.2, -0.15) is 0 Å². The third-order valence-electron chi connectivity index (χ3n) is 16.6. The number of aliphatic hydroxyl groups is 2. The average molecular weight is 1200 g/mol. The van der Waals surface area contributed by atoms with Gasteiger partial charge >= 0.3 is 36.0 Å². The van der Waals surface area contributed by atoms with Crippen LogP contribution in [0.25, 0.3) is 0 Å². The first-order chi connectivity index (χ1) is 34.4. The van der Waals surface area contributed by atoms with Crippen LogP contribution in [0.2, 0.25) is 54.4 Å². The molecule has 3 rings (SSSR count). The molecule has 0 aromatic rings. The maximum absolute atomic E-state index is 10.7. The second-order valence-electron chi connectivity index (χ2n) is 27.2. The van der Waals surface area contributed by atoms with Gasteiger partial charge < -0.3 is 48.6 Å². The van der Waals surface area contributed by atoms with Crippen LogP contribution in [-0.2, 0) is 51.5 Å². The minimum atomic E-state index is -1.89. The Morgan fingerprint density at radius 2 is 0.961 bits per heavy atom. The third-order valence-corrected chi connectivity index (χ3v) is 30.2. The van der Waals surface area contributed by atoms with E-state index in [0.717, 1.165) is 57.3 Å². The average Bonchev–Trinajstić information content (AvgIpc) is 3.30. The molecule has 0 amide bonds. The molecule has 13 nitrogen and oxygen atoms in total. The molecule has 7 atom stereocenters. The summed E-state index contributed by atoms with van der Waals surface area (Å²) in [4.78, 5) is 16.7. The van der Waals surface area contributed by atoms with Crippen LogP contribution in [0.1, 0.15) is 163 Å². The zero-order valence-corrected chi connectivity index (χ0v) is 59.6. The molecule has 0 spiro atoms. The molecule has 6 unspecified atom stereocenters. The van der Waals surface area contributed by atoms with Gasteiger partial charge in [-0.05, 0) is 112 Å². The van der Waals surface area contributed by atoms with Crippen LogP contribution in [-0.4, -0.2) is 123 Å². The van der Waals surface area contributed by atoms with Crippen molar-refractivity contribution in [3.05, 3.63) is 49.8 Å². The first-order valence-electron chi connectivity index (χ1n) is 27.4. The van der Waals surface area contributed by atoms with Crippen LogP contribution in [0, 0.1) is 16.2 Å². The molecular weight excluding hydrogens is 1080 g/mol. The first-order valence-corrected chi connectivity index (χ1v) is 37.0. The Morgan fingerprint density at radius 3 is 1.25 bits per heavy atom. The summed E-state index contributed by atoms with van der Waals surface area (Å²) in [5.74, 6) is -1.01. The van der Waals surface area contributed by atoms with E-state index in [4.69, 9.17) is 60.2 Å². The molecule has 77 heavy (non-hydrogen) atoms. The molecule has 0 bridgehead atoms. The molecule has 2 saturated heterocycles. The third kappa shape index (κ3) is 23.6. The molecule has 2 fully saturated rings. The van der Waals surface area contributed by atoms with E-state index < -0.39 is 64.6 Å². The molecule has 0 radical (unpaired) electrons. The second-order valence-corrected chi connectivity index (χ2v) is 42.7. The molecule has 2 N–H and O–H groups in total. The first kappa shape index (κ1) is 79.1. The van der Waals surface area contributed by atoms with Gasteiger partial charge in [-0.1, -0.05) is 145 Å². The van der Waals surface area contributed by atoms with Gasteiger partial charge in [0.2, 0.25) is 11.6 Å². The van der Waals surface area contributed by atoms with Gasteiger partial charge in [-0.3, -0.25) is 9.68 Å². The number of hydrogen-bond acceptors (Lipinski definition) is 13. The van der Waals surface area contributed by atoms with Crippen molar-refractivity contribution in [2.24, 2.45) is 16.2 Å². The van der Waals surface area contributed by atoms with Crippen LogP contribution < -0.4 is 29.6 Å². The molecule has 3 aliphatic heterocycles. The fraction of sp³-hybridized carbons (Fsp3) is 0.845. The van der Waals surface area contributed by atoms with Crippen molar-refractivity contribution in [3.63, 3.8) is 0 Å². The standard InChI is InChI=1S/2C19H38O4Si.C18H34O2Si.C2H2Cl2O3.Na.H/c2*1-10-11-15-12-13-16(20)19(21-7,23-15)18(5,6)14-22-24(8,9)17(2,3)4;1-9-11-15-12-10-13-16(20-15)18(5,6)14-19-21(7,8)17(2,3)4;3-2(4)7-6-1-5;;/h2*10,15-16,20H,1,11-14H2,2-9H3;9,13,15H,1,10-12,14H2,2-8H3;1-2H;;/q;;;;+1;-1/t15?,16?,19-;;;;;/m1...../s1. The number of hydrogen-bond donors (Lipinski definition) is 2. The van der Waals surface area contributed by atoms with Crippen LogP contribution in [0.4, 0.5) is 0 Å². The Kier molecular flexibility index (Phi) is 33.8. The van der Waals surface area contributed by atoms with Crippen molar-refractivity contribution in [2.45, 2.75) is 263 Å². The Bertz CT molecular complexity index is 1710. The van der Waals surface area contributed by atoms with Gasteiger partial charge in [0.15, 0.2) is 25.0 Å². The van der Waals surface area contributed by atoms with Gasteiger partial charge in [0.05, 0.1) is 12.2 Å². The number of allylic oxidation sites excluding steroid dienone is 1. The van der Waals surface area contributed by atoms with E-state index in [1.54, 1.807) is 14.2 Å². The van der Waals surface area contributed by atoms with Crippen LogP contribution in [0.3, 0.4) is 0 Å². The molecule has 0 saturated carbocycles. The largest absolute Gasteiger partial charge is 1.00 e. The van der Waals surface area contributed by atoms with Crippen molar-refractivity contribution < 1.29 is 92.7 Å². The van der Waals surface area contributed by atoms with Crippen LogP contribution in [0.15, 0.2) is 49.8 Å². The normalized spacial score (nSPS) is 24.9. The smallest absolute Gasteiger partial charge is 1.00 e. The van der Waals surface area contributed by atoms with Crippen LogP contribution >= 0.6 is 23.2 Å². The van der Waals surface area contributed by atoms with Gasteiger partial charge in [0, 0.05) is 56.7 Å². The molecule has 0 aliphatic carbocycles. The number of carbonyl (C=O) groups excluding carboxylic acids is 1. The number of aliphatic hydroxyl groups excluding tert-OH is 2. The zero-order chi connectivity index (χ0) is 59.6. The molecule has 450 valence electrons. The minimum Gasteiger partial charge on any atom is -1.00 e. The molecule has 3 heterocycles. The summed E-state index contributed by atoms with van der Waals surface area (Å²) in [6, 6.07) is 0. The van der Waals surface area contributed by atoms with Crippen molar-refractivity contribution in [3.8, 4) is 0 Å². The molecular formula is C58H113Cl2NaO13Si3. The zero-order valence-electron chi connectivity index (χ0n) is 54.1. The van der Waals surface area contributed by atoms with E-state index in [1.165, 1.54) is 0 Å². The quantitative estimate of drug-likeness (QED) is 0.0250. The van der Waals surface area contributed by atoms with E-state index >= 15 is 0 Å². The second kappa shape index (κ2) is 32.9. The number of ether oxygens (including phenoxy) is 5. The topological polar surface area (TPSA) is 150 Å². The fourth-order valence-electron chi connectivity index (χ4n) is 8.23. The summed E-state index contributed by atoms with van der Waals surface area (Å²) in [5.41, 5.74) is -1.01. The maximum atomic E-state index is 10.7. The Balaban J connectivity index is -0.00000101. The van der Waals surface area contributed by atoms with Crippen molar-refractivity contribution in [1.82, 2.24) is 0 Å². The van der Waals surface area contributed by atoms with Crippen molar-refractivity contribution in [1.29, 1.82) is 0 Å². The van der Waals surface area contributed by atoms with Gasteiger partial charge in [-0.15, -0.1) is 24.6 Å². The number of halogens is 2. The number of methoxy groups -OCH3 is 2. The number of alkyl halides is 2. The molecule has 3 aliphatic rings. The number of rotatable bonds is 23. The van der Waals surface area contributed by atoms with Gasteiger partial charge in [-0.25, -0.2) is 0 Å². The van der Waals surface area contributed by atoms with E-state index in [0.29, 0.717) is 26.1 Å². The van der Waals surface area contributed by atoms with Crippen molar-refractivity contribution in [2.75, 3.05) is 34.0 Å². The predicted molar refractivity (Wildman–Crippen MR) is 322 cm³/mol. The summed E-state index contributed by atoms with van der Waals surface area (Å²) < 4.78 is 49.6. The summed E-state index contributed by atoms with van der Waals surface area (Å²) in [5, 5.41) is 20.8. The molecule has 0 aromatic heterocycles. The molecule has 0 aromatic carbocycles. The van der Waals surface area contributed by atoms with Gasteiger partial charge in [0.25, 0.3) is 5.02 Å². The maximum Gasteiger partial charge on any atom is 1.00 e. The summed E-state index contributed by atoms with van der Waals surface area (Å²) in [7, 11) is -2.25. The van der Waals surface area contributed by atoms with Crippen molar-refractivity contribution >= 4 is 54.6 Å². The van der Waals surface area contributed by atoms with E-state index in [2.05, 4.69) is 179 Å². The molecule has 19 heteroatoms.